The first kappa shape index (κ1) is 11.3. The molecule has 0 bridgehead atoms. The van der Waals surface area contributed by atoms with Crippen molar-refractivity contribution in [3.8, 4) is 0 Å². The van der Waals surface area contributed by atoms with Gasteiger partial charge in [0.15, 0.2) is 0 Å². The first-order chi connectivity index (χ1) is 7.16. The molecular formula is C9H14ClN3OS. The number of hydrogen-bond donors (Lipinski definition) is 1. The molecule has 0 aliphatic carbocycles. The van der Waals surface area contributed by atoms with Crippen molar-refractivity contribution in [2.24, 2.45) is 5.92 Å². The Hall–Kier alpha value is -0.230. The molecule has 0 radical (unpaired) electrons. The van der Waals surface area contributed by atoms with Crippen molar-refractivity contribution in [1.82, 2.24) is 14.5 Å². The minimum atomic E-state index is -0.223. The van der Waals surface area contributed by atoms with E-state index in [9.17, 15) is 5.11 Å². The molecule has 0 spiro atoms. The molecule has 2 atom stereocenters. The summed E-state index contributed by atoms with van der Waals surface area (Å²) >= 11 is 7.16. The second-order valence-corrected chi connectivity index (χ2v) is 5.37. The van der Waals surface area contributed by atoms with Crippen LogP contribution < -0.4 is 0 Å². The summed E-state index contributed by atoms with van der Waals surface area (Å²) in [4.78, 5) is 2.26. The van der Waals surface area contributed by atoms with E-state index < -0.39 is 0 Å². The van der Waals surface area contributed by atoms with Crippen molar-refractivity contribution >= 4 is 23.1 Å². The largest absolute Gasteiger partial charge is 0.393 e. The van der Waals surface area contributed by atoms with Crippen LogP contribution in [0.3, 0.4) is 0 Å². The van der Waals surface area contributed by atoms with E-state index in [4.69, 9.17) is 11.6 Å². The second-order valence-electron chi connectivity index (χ2n) is 4.02. The van der Waals surface area contributed by atoms with Crippen LogP contribution in [0.4, 0.5) is 0 Å². The van der Waals surface area contributed by atoms with Crippen LogP contribution >= 0.6 is 23.1 Å². The van der Waals surface area contributed by atoms with E-state index in [0.29, 0.717) is 10.3 Å². The molecule has 2 rings (SSSR count). The SMILES string of the molecule is CC(O)C1CCN(Cc2nnsc2Cl)C1. The second kappa shape index (κ2) is 4.74. The molecular weight excluding hydrogens is 234 g/mol. The van der Waals surface area contributed by atoms with Crippen molar-refractivity contribution in [3.63, 3.8) is 0 Å². The summed E-state index contributed by atoms with van der Waals surface area (Å²) in [6.45, 7) is 4.53. The first-order valence-electron chi connectivity index (χ1n) is 5.04. The molecule has 0 aromatic carbocycles. The smallest absolute Gasteiger partial charge is 0.138 e. The molecule has 84 valence electrons. The summed E-state index contributed by atoms with van der Waals surface area (Å²) in [5.41, 5.74) is 0.855. The van der Waals surface area contributed by atoms with Crippen LogP contribution in [-0.2, 0) is 6.54 Å². The normalized spacial score (nSPS) is 24.6. The number of rotatable bonds is 3. The number of aromatic nitrogens is 2. The Morgan fingerprint density at radius 1 is 1.73 bits per heavy atom. The van der Waals surface area contributed by atoms with Gasteiger partial charge in [-0.1, -0.05) is 16.1 Å². The van der Waals surface area contributed by atoms with Crippen LogP contribution in [0.5, 0.6) is 0 Å². The lowest BCUT2D eigenvalue weighted by Gasteiger charge is -2.15. The van der Waals surface area contributed by atoms with Gasteiger partial charge in [-0.25, -0.2) is 0 Å². The fourth-order valence-electron chi connectivity index (χ4n) is 1.90. The van der Waals surface area contributed by atoms with Gasteiger partial charge in [0, 0.05) is 24.6 Å². The third-order valence-electron chi connectivity index (χ3n) is 2.87. The lowest BCUT2D eigenvalue weighted by Crippen LogP contribution is -2.24. The Labute approximate surface area is 98.0 Å². The van der Waals surface area contributed by atoms with E-state index in [1.807, 2.05) is 6.92 Å². The van der Waals surface area contributed by atoms with Crippen LogP contribution in [0.1, 0.15) is 19.0 Å². The highest BCUT2D eigenvalue weighted by Crippen LogP contribution is 2.24. The monoisotopic (exact) mass is 247 g/mol. The summed E-state index contributed by atoms with van der Waals surface area (Å²) in [5.74, 6) is 0.385. The summed E-state index contributed by atoms with van der Waals surface area (Å²) in [7, 11) is 0. The van der Waals surface area contributed by atoms with Gasteiger partial charge in [-0.2, -0.15) is 0 Å². The maximum absolute atomic E-state index is 9.47. The van der Waals surface area contributed by atoms with Gasteiger partial charge in [-0.3, -0.25) is 4.90 Å². The van der Waals surface area contributed by atoms with Gasteiger partial charge < -0.3 is 5.11 Å². The van der Waals surface area contributed by atoms with Gasteiger partial charge >= 0.3 is 0 Å². The van der Waals surface area contributed by atoms with E-state index in [-0.39, 0.29) is 6.10 Å². The number of aliphatic hydroxyl groups is 1. The zero-order valence-corrected chi connectivity index (χ0v) is 10.1. The minimum Gasteiger partial charge on any atom is -0.393 e. The van der Waals surface area contributed by atoms with E-state index in [0.717, 1.165) is 31.7 Å². The predicted octanol–water partition coefficient (Wildman–Crippen LogP) is 1.39. The van der Waals surface area contributed by atoms with Crippen LogP contribution in [0, 0.1) is 5.92 Å². The van der Waals surface area contributed by atoms with Gasteiger partial charge in [0.1, 0.15) is 10.0 Å². The van der Waals surface area contributed by atoms with Crippen molar-refractivity contribution in [3.05, 3.63) is 10.0 Å². The molecule has 2 unspecified atom stereocenters. The number of halogens is 1. The molecule has 1 aromatic heterocycles. The summed E-state index contributed by atoms with van der Waals surface area (Å²) < 4.78 is 4.48. The van der Waals surface area contributed by atoms with Gasteiger partial charge in [0.2, 0.25) is 0 Å². The van der Waals surface area contributed by atoms with Gasteiger partial charge in [-0.05, 0) is 25.8 Å². The van der Waals surface area contributed by atoms with Gasteiger partial charge in [-0.15, -0.1) is 5.10 Å². The molecule has 1 aromatic rings. The average molecular weight is 248 g/mol. The fraction of sp³-hybridized carbons (Fsp3) is 0.778. The van der Waals surface area contributed by atoms with E-state index >= 15 is 0 Å². The van der Waals surface area contributed by atoms with Crippen LogP contribution in [-0.4, -0.2) is 38.8 Å². The zero-order chi connectivity index (χ0) is 10.8. The summed E-state index contributed by atoms with van der Waals surface area (Å²) in [5, 5.41) is 13.5. The Morgan fingerprint density at radius 2 is 2.53 bits per heavy atom. The minimum absolute atomic E-state index is 0.223. The number of hydrogen-bond acceptors (Lipinski definition) is 5. The molecule has 4 nitrogen and oxygen atoms in total. The fourth-order valence-corrected chi connectivity index (χ4v) is 2.52. The van der Waals surface area contributed by atoms with Crippen LogP contribution in [0.15, 0.2) is 0 Å². The Morgan fingerprint density at radius 3 is 3.07 bits per heavy atom. The Kier molecular flexibility index (Phi) is 3.56. The molecule has 1 fully saturated rings. The number of nitrogens with zero attached hydrogens (tertiary/aromatic N) is 3. The van der Waals surface area contributed by atoms with Gasteiger partial charge in [0.25, 0.3) is 0 Å². The van der Waals surface area contributed by atoms with E-state index in [1.54, 1.807) is 0 Å². The van der Waals surface area contributed by atoms with E-state index in [2.05, 4.69) is 14.5 Å². The average Bonchev–Trinajstić information content (AvgIpc) is 2.77. The third-order valence-corrected chi connectivity index (χ3v) is 3.86. The molecule has 1 N–H and O–H groups in total. The van der Waals surface area contributed by atoms with Crippen molar-refractivity contribution in [2.75, 3.05) is 13.1 Å². The number of aliphatic hydroxyl groups excluding tert-OH is 1. The maximum Gasteiger partial charge on any atom is 0.138 e. The lowest BCUT2D eigenvalue weighted by atomic mass is 10.0. The van der Waals surface area contributed by atoms with E-state index in [1.165, 1.54) is 11.5 Å². The molecule has 0 saturated carbocycles. The third kappa shape index (κ3) is 2.66. The maximum atomic E-state index is 9.47. The van der Waals surface area contributed by atoms with Crippen molar-refractivity contribution < 1.29 is 5.11 Å². The standard InChI is InChI=1S/C9H14ClN3OS/c1-6(14)7-2-3-13(4-7)5-8-9(10)15-12-11-8/h6-7,14H,2-5H2,1H3. The first-order valence-corrected chi connectivity index (χ1v) is 6.19. The lowest BCUT2D eigenvalue weighted by molar-refractivity contribution is 0.127. The van der Waals surface area contributed by atoms with Crippen molar-refractivity contribution in [1.29, 1.82) is 0 Å². The number of likely N-dealkylation sites (tertiary alicyclic amines) is 1. The Balaban J connectivity index is 1.90. The Bertz CT molecular complexity index is 331. The highest BCUT2D eigenvalue weighted by atomic mass is 35.5. The predicted molar refractivity (Wildman–Crippen MR) is 60.0 cm³/mol. The summed E-state index contributed by atoms with van der Waals surface area (Å²) in [6, 6.07) is 0. The molecule has 1 aliphatic heterocycles. The van der Waals surface area contributed by atoms with Crippen molar-refractivity contribution in [2.45, 2.75) is 26.0 Å². The highest BCUT2D eigenvalue weighted by Gasteiger charge is 2.26. The zero-order valence-electron chi connectivity index (χ0n) is 8.56. The quantitative estimate of drug-likeness (QED) is 0.877. The molecule has 15 heavy (non-hydrogen) atoms. The molecule has 1 aliphatic rings. The summed E-state index contributed by atoms with van der Waals surface area (Å²) in [6.07, 6.45) is 0.825. The van der Waals surface area contributed by atoms with Crippen LogP contribution in [0.2, 0.25) is 4.34 Å². The molecule has 6 heteroatoms. The molecule has 2 heterocycles. The molecule has 1 saturated heterocycles. The molecule has 0 amide bonds. The highest BCUT2D eigenvalue weighted by molar-refractivity contribution is 7.10. The van der Waals surface area contributed by atoms with Crippen LogP contribution in [0.25, 0.3) is 0 Å². The van der Waals surface area contributed by atoms with Gasteiger partial charge in [0.05, 0.1) is 6.10 Å². The topological polar surface area (TPSA) is 49.2 Å².